The van der Waals surface area contributed by atoms with Gasteiger partial charge in [0, 0.05) is 38.4 Å². The molecule has 0 aliphatic heterocycles. The van der Waals surface area contributed by atoms with E-state index in [1.807, 2.05) is 11.9 Å². The van der Waals surface area contributed by atoms with Crippen molar-refractivity contribution >= 4 is 17.4 Å². The number of halogens is 1. The van der Waals surface area contributed by atoms with Crippen molar-refractivity contribution in [2.45, 2.75) is 18.2 Å². The third-order valence-corrected chi connectivity index (χ3v) is 3.43. The van der Waals surface area contributed by atoms with Gasteiger partial charge in [-0.15, -0.1) is 11.6 Å². The van der Waals surface area contributed by atoms with Crippen LogP contribution in [0.3, 0.4) is 0 Å². The first-order valence-corrected chi connectivity index (χ1v) is 5.88. The Hall–Kier alpha value is -1.03. The molecule has 1 heterocycles. The molecular formula is C11H16ClN3O. The smallest absolute Gasteiger partial charge is 0.293 e. The lowest BCUT2D eigenvalue weighted by Crippen LogP contribution is -2.38. The Morgan fingerprint density at radius 2 is 2.31 bits per heavy atom. The minimum Gasteiger partial charge on any atom is -0.355 e. The second kappa shape index (κ2) is 4.45. The summed E-state index contributed by atoms with van der Waals surface area (Å²) in [6.45, 7) is 0.857. The molecule has 1 saturated carbocycles. The average molecular weight is 242 g/mol. The first-order chi connectivity index (χ1) is 7.58. The van der Waals surface area contributed by atoms with Gasteiger partial charge in [0.15, 0.2) is 5.82 Å². The number of nitrogens with zero attached hydrogens (tertiary/aromatic N) is 3. The highest BCUT2D eigenvalue weighted by atomic mass is 35.5. The van der Waals surface area contributed by atoms with Gasteiger partial charge in [-0.2, -0.15) is 0 Å². The van der Waals surface area contributed by atoms with E-state index in [0.717, 1.165) is 19.4 Å². The second-order valence-electron chi connectivity index (χ2n) is 4.48. The van der Waals surface area contributed by atoms with Crippen LogP contribution < -0.4 is 10.5 Å². The highest BCUT2D eigenvalue weighted by Gasteiger charge is 2.28. The summed E-state index contributed by atoms with van der Waals surface area (Å²) in [7, 11) is 3.64. The van der Waals surface area contributed by atoms with Crippen LogP contribution in [-0.2, 0) is 7.05 Å². The molecule has 88 valence electrons. The van der Waals surface area contributed by atoms with Crippen LogP contribution in [0.4, 0.5) is 5.82 Å². The fraction of sp³-hybridized carbons (Fsp3) is 0.636. The molecule has 5 heteroatoms. The van der Waals surface area contributed by atoms with Gasteiger partial charge in [-0.3, -0.25) is 4.79 Å². The SMILES string of the molecule is CN(CC1CC(Cl)C1)c1nccn(C)c1=O. The zero-order valence-electron chi connectivity index (χ0n) is 9.56. The van der Waals surface area contributed by atoms with Gasteiger partial charge in [-0.05, 0) is 18.8 Å². The number of anilines is 1. The number of hydrogen-bond acceptors (Lipinski definition) is 3. The van der Waals surface area contributed by atoms with E-state index >= 15 is 0 Å². The largest absolute Gasteiger partial charge is 0.355 e. The summed E-state index contributed by atoms with van der Waals surface area (Å²) in [6, 6.07) is 0. The molecule has 0 unspecified atom stereocenters. The van der Waals surface area contributed by atoms with Crippen molar-refractivity contribution in [3.63, 3.8) is 0 Å². The Bertz CT molecular complexity index is 425. The molecule has 0 atom stereocenters. The molecule has 1 aliphatic carbocycles. The maximum Gasteiger partial charge on any atom is 0.293 e. The lowest BCUT2D eigenvalue weighted by atomic mass is 9.84. The van der Waals surface area contributed by atoms with Gasteiger partial charge < -0.3 is 9.47 Å². The van der Waals surface area contributed by atoms with Crippen LogP contribution in [0, 0.1) is 5.92 Å². The molecule has 16 heavy (non-hydrogen) atoms. The fourth-order valence-electron chi connectivity index (χ4n) is 2.02. The van der Waals surface area contributed by atoms with Gasteiger partial charge in [0.25, 0.3) is 5.56 Å². The van der Waals surface area contributed by atoms with Crippen LogP contribution in [0.25, 0.3) is 0 Å². The Morgan fingerprint density at radius 1 is 1.62 bits per heavy atom. The van der Waals surface area contributed by atoms with Crippen LogP contribution in [0.1, 0.15) is 12.8 Å². The topological polar surface area (TPSA) is 38.1 Å². The van der Waals surface area contributed by atoms with Crippen molar-refractivity contribution in [3.05, 3.63) is 22.7 Å². The van der Waals surface area contributed by atoms with Crippen molar-refractivity contribution in [3.8, 4) is 0 Å². The average Bonchev–Trinajstić information content (AvgIpc) is 2.19. The van der Waals surface area contributed by atoms with E-state index in [1.54, 1.807) is 24.0 Å². The Kier molecular flexibility index (Phi) is 3.19. The minimum atomic E-state index is -0.0493. The molecule has 4 nitrogen and oxygen atoms in total. The highest BCUT2D eigenvalue weighted by Crippen LogP contribution is 2.32. The highest BCUT2D eigenvalue weighted by molar-refractivity contribution is 6.21. The fourth-order valence-corrected chi connectivity index (χ4v) is 2.53. The maximum atomic E-state index is 11.8. The summed E-state index contributed by atoms with van der Waals surface area (Å²) >= 11 is 5.93. The van der Waals surface area contributed by atoms with E-state index in [1.165, 1.54) is 0 Å². The summed E-state index contributed by atoms with van der Waals surface area (Å²) < 4.78 is 1.55. The normalized spacial score (nSPS) is 23.9. The third kappa shape index (κ3) is 2.21. The van der Waals surface area contributed by atoms with Crippen LogP contribution in [0.15, 0.2) is 17.2 Å². The molecule has 2 rings (SSSR count). The van der Waals surface area contributed by atoms with Crippen molar-refractivity contribution < 1.29 is 0 Å². The van der Waals surface area contributed by atoms with Gasteiger partial charge in [-0.25, -0.2) is 4.98 Å². The number of hydrogen-bond donors (Lipinski definition) is 0. The number of aromatic nitrogens is 2. The summed E-state index contributed by atoms with van der Waals surface area (Å²) in [5.74, 6) is 1.11. The van der Waals surface area contributed by atoms with Gasteiger partial charge in [0.1, 0.15) is 0 Å². The quantitative estimate of drug-likeness (QED) is 0.748. The monoisotopic (exact) mass is 241 g/mol. The Labute approximate surface area is 99.9 Å². The zero-order valence-corrected chi connectivity index (χ0v) is 10.3. The summed E-state index contributed by atoms with van der Waals surface area (Å²) in [5, 5.41) is 0.324. The van der Waals surface area contributed by atoms with Gasteiger partial charge in [-0.1, -0.05) is 0 Å². The molecule has 0 spiro atoms. The standard InChI is InChI=1S/C11H16ClN3O/c1-14-4-3-13-10(11(14)16)15(2)7-8-5-9(12)6-8/h3-4,8-9H,5-7H2,1-2H3. The Morgan fingerprint density at radius 3 is 2.94 bits per heavy atom. The maximum absolute atomic E-state index is 11.8. The predicted octanol–water partition coefficient (Wildman–Crippen LogP) is 1.23. The molecule has 0 aromatic carbocycles. The first-order valence-electron chi connectivity index (χ1n) is 5.44. The molecule has 0 radical (unpaired) electrons. The molecule has 1 aliphatic rings. The summed E-state index contributed by atoms with van der Waals surface area (Å²) in [4.78, 5) is 17.9. The van der Waals surface area contributed by atoms with Crippen LogP contribution in [0.2, 0.25) is 0 Å². The van der Waals surface area contributed by atoms with Gasteiger partial charge in [0.05, 0.1) is 0 Å². The number of alkyl halides is 1. The van der Waals surface area contributed by atoms with E-state index in [0.29, 0.717) is 17.1 Å². The molecule has 0 bridgehead atoms. The zero-order chi connectivity index (χ0) is 11.7. The lowest BCUT2D eigenvalue weighted by molar-refractivity contribution is 0.328. The molecule has 1 aromatic rings. The van der Waals surface area contributed by atoms with E-state index in [-0.39, 0.29) is 5.56 Å². The predicted molar refractivity (Wildman–Crippen MR) is 65.1 cm³/mol. The molecule has 1 aromatic heterocycles. The molecular weight excluding hydrogens is 226 g/mol. The van der Waals surface area contributed by atoms with Crippen molar-refractivity contribution in [2.75, 3.05) is 18.5 Å². The molecule has 0 amide bonds. The first kappa shape index (κ1) is 11.5. The number of aryl methyl sites for hydroxylation is 1. The summed E-state index contributed by atoms with van der Waals surface area (Å²) in [5.41, 5.74) is -0.0493. The second-order valence-corrected chi connectivity index (χ2v) is 5.10. The van der Waals surface area contributed by atoms with Crippen molar-refractivity contribution in [1.82, 2.24) is 9.55 Å². The Balaban J connectivity index is 2.06. The molecule has 0 N–H and O–H groups in total. The van der Waals surface area contributed by atoms with Crippen LogP contribution >= 0.6 is 11.6 Å². The van der Waals surface area contributed by atoms with E-state index in [2.05, 4.69) is 4.98 Å². The summed E-state index contributed by atoms with van der Waals surface area (Å²) in [6.07, 6.45) is 5.40. The van der Waals surface area contributed by atoms with Gasteiger partial charge >= 0.3 is 0 Å². The van der Waals surface area contributed by atoms with E-state index in [4.69, 9.17) is 11.6 Å². The lowest BCUT2D eigenvalue weighted by Gasteiger charge is -2.34. The van der Waals surface area contributed by atoms with Crippen LogP contribution in [0.5, 0.6) is 0 Å². The van der Waals surface area contributed by atoms with E-state index in [9.17, 15) is 4.79 Å². The van der Waals surface area contributed by atoms with Gasteiger partial charge in [0.2, 0.25) is 0 Å². The number of rotatable bonds is 3. The molecule has 1 fully saturated rings. The van der Waals surface area contributed by atoms with Crippen molar-refractivity contribution in [2.24, 2.45) is 13.0 Å². The third-order valence-electron chi connectivity index (χ3n) is 3.07. The van der Waals surface area contributed by atoms with Crippen molar-refractivity contribution in [1.29, 1.82) is 0 Å². The minimum absolute atomic E-state index is 0.0493. The molecule has 0 saturated heterocycles. The van der Waals surface area contributed by atoms with E-state index < -0.39 is 0 Å². The van der Waals surface area contributed by atoms with Crippen LogP contribution in [-0.4, -0.2) is 28.5 Å².